The molecule has 2 aliphatic rings. The zero-order chi connectivity index (χ0) is 12.8. The highest BCUT2D eigenvalue weighted by Gasteiger charge is 2.28. The molecule has 2 fully saturated rings. The van der Waals surface area contributed by atoms with E-state index in [0.29, 0.717) is 12.5 Å². The first-order chi connectivity index (χ1) is 8.81. The molecule has 0 radical (unpaired) electrons. The van der Waals surface area contributed by atoms with Gasteiger partial charge in [0.15, 0.2) is 0 Å². The SMILES string of the molecule is C#CCN1CCCCC1C(=O)NCC1CCOC1. The van der Waals surface area contributed by atoms with Crippen LogP contribution in [0.25, 0.3) is 0 Å². The molecule has 4 nitrogen and oxygen atoms in total. The van der Waals surface area contributed by atoms with Crippen LogP contribution in [0.5, 0.6) is 0 Å². The number of carbonyl (C=O) groups is 1. The van der Waals surface area contributed by atoms with Crippen molar-refractivity contribution in [1.82, 2.24) is 10.2 Å². The molecule has 2 heterocycles. The van der Waals surface area contributed by atoms with Gasteiger partial charge in [0.1, 0.15) is 0 Å². The van der Waals surface area contributed by atoms with Crippen LogP contribution in [0, 0.1) is 18.3 Å². The minimum atomic E-state index is -0.0304. The Morgan fingerprint density at radius 2 is 2.33 bits per heavy atom. The monoisotopic (exact) mass is 250 g/mol. The minimum absolute atomic E-state index is 0.0304. The van der Waals surface area contributed by atoms with E-state index in [1.54, 1.807) is 0 Å². The molecule has 0 aliphatic carbocycles. The molecule has 18 heavy (non-hydrogen) atoms. The van der Waals surface area contributed by atoms with E-state index in [0.717, 1.165) is 52.0 Å². The Kier molecular flexibility index (Phi) is 5.03. The molecule has 0 aromatic carbocycles. The topological polar surface area (TPSA) is 41.6 Å². The first-order valence-electron chi connectivity index (χ1n) is 6.84. The van der Waals surface area contributed by atoms with Crippen LogP contribution in [-0.4, -0.2) is 49.7 Å². The van der Waals surface area contributed by atoms with Crippen molar-refractivity contribution in [3.05, 3.63) is 0 Å². The predicted octanol–water partition coefficient (Wildman–Crippen LogP) is 0.627. The number of carbonyl (C=O) groups excluding carboxylic acids is 1. The lowest BCUT2D eigenvalue weighted by atomic mass is 10.0. The molecular weight excluding hydrogens is 228 g/mol. The van der Waals surface area contributed by atoms with E-state index in [1.165, 1.54) is 0 Å². The molecule has 1 N–H and O–H groups in total. The number of hydrogen-bond donors (Lipinski definition) is 1. The summed E-state index contributed by atoms with van der Waals surface area (Å²) in [5, 5.41) is 3.05. The second kappa shape index (κ2) is 6.77. The number of terminal acetylenes is 1. The first-order valence-corrected chi connectivity index (χ1v) is 6.84. The summed E-state index contributed by atoms with van der Waals surface area (Å²) in [7, 11) is 0. The molecule has 0 spiro atoms. The van der Waals surface area contributed by atoms with Gasteiger partial charge in [0.2, 0.25) is 5.91 Å². The van der Waals surface area contributed by atoms with Gasteiger partial charge in [-0.25, -0.2) is 0 Å². The molecule has 2 unspecified atom stereocenters. The number of nitrogens with zero attached hydrogens (tertiary/aromatic N) is 1. The molecule has 0 bridgehead atoms. The molecule has 0 aromatic rings. The second-order valence-electron chi connectivity index (χ2n) is 5.16. The van der Waals surface area contributed by atoms with E-state index in [4.69, 9.17) is 11.2 Å². The van der Waals surface area contributed by atoms with Crippen LogP contribution in [-0.2, 0) is 9.53 Å². The molecule has 100 valence electrons. The molecule has 4 heteroatoms. The average molecular weight is 250 g/mol. The fourth-order valence-corrected chi connectivity index (χ4v) is 2.70. The average Bonchev–Trinajstić information content (AvgIpc) is 2.90. The summed E-state index contributed by atoms with van der Waals surface area (Å²) < 4.78 is 5.31. The van der Waals surface area contributed by atoms with Gasteiger partial charge in [0, 0.05) is 19.1 Å². The van der Waals surface area contributed by atoms with E-state index in [2.05, 4.69) is 16.1 Å². The number of nitrogens with one attached hydrogen (secondary N) is 1. The molecule has 1 amide bonds. The van der Waals surface area contributed by atoms with Crippen LogP contribution in [0.1, 0.15) is 25.7 Å². The highest BCUT2D eigenvalue weighted by molar-refractivity contribution is 5.81. The molecule has 2 rings (SSSR count). The number of rotatable bonds is 4. The maximum atomic E-state index is 12.2. The van der Waals surface area contributed by atoms with Gasteiger partial charge < -0.3 is 10.1 Å². The Bertz CT molecular complexity index is 318. The summed E-state index contributed by atoms with van der Waals surface area (Å²) in [6, 6.07) is -0.0304. The Morgan fingerprint density at radius 3 is 3.06 bits per heavy atom. The normalized spacial score (nSPS) is 28.8. The Balaban J connectivity index is 1.80. The maximum absolute atomic E-state index is 12.2. The summed E-state index contributed by atoms with van der Waals surface area (Å²) in [4.78, 5) is 14.3. The van der Waals surface area contributed by atoms with E-state index in [1.807, 2.05) is 0 Å². The third-order valence-corrected chi connectivity index (χ3v) is 3.80. The summed E-state index contributed by atoms with van der Waals surface area (Å²) in [5.41, 5.74) is 0. The molecule has 0 aromatic heterocycles. The van der Waals surface area contributed by atoms with Crippen molar-refractivity contribution in [2.75, 3.05) is 32.8 Å². The van der Waals surface area contributed by atoms with Crippen LogP contribution >= 0.6 is 0 Å². The summed E-state index contributed by atoms with van der Waals surface area (Å²) in [6.45, 7) is 3.85. The molecule has 0 saturated carbocycles. The minimum Gasteiger partial charge on any atom is -0.381 e. The second-order valence-corrected chi connectivity index (χ2v) is 5.16. The van der Waals surface area contributed by atoms with Gasteiger partial charge >= 0.3 is 0 Å². The summed E-state index contributed by atoms with van der Waals surface area (Å²) >= 11 is 0. The van der Waals surface area contributed by atoms with E-state index < -0.39 is 0 Å². The molecular formula is C14H22N2O2. The molecule has 2 saturated heterocycles. The number of likely N-dealkylation sites (tertiary alicyclic amines) is 1. The summed E-state index contributed by atoms with van der Waals surface area (Å²) in [5.74, 6) is 3.27. The molecule has 2 atom stereocenters. The third-order valence-electron chi connectivity index (χ3n) is 3.80. The fourth-order valence-electron chi connectivity index (χ4n) is 2.70. The lowest BCUT2D eigenvalue weighted by molar-refractivity contribution is -0.127. The van der Waals surface area contributed by atoms with Crippen molar-refractivity contribution < 1.29 is 9.53 Å². The Labute approximate surface area is 109 Å². The van der Waals surface area contributed by atoms with Crippen LogP contribution < -0.4 is 5.32 Å². The van der Waals surface area contributed by atoms with Crippen molar-refractivity contribution in [2.45, 2.75) is 31.7 Å². The predicted molar refractivity (Wildman–Crippen MR) is 70.0 cm³/mol. The highest BCUT2D eigenvalue weighted by Crippen LogP contribution is 2.17. The number of amides is 1. The van der Waals surface area contributed by atoms with Gasteiger partial charge in [-0.1, -0.05) is 12.3 Å². The fraction of sp³-hybridized carbons (Fsp3) is 0.786. The highest BCUT2D eigenvalue weighted by atomic mass is 16.5. The zero-order valence-electron chi connectivity index (χ0n) is 10.9. The van der Waals surface area contributed by atoms with E-state index in [-0.39, 0.29) is 11.9 Å². The van der Waals surface area contributed by atoms with Crippen molar-refractivity contribution in [3.63, 3.8) is 0 Å². The first kappa shape index (κ1) is 13.4. The maximum Gasteiger partial charge on any atom is 0.237 e. The Morgan fingerprint density at radius 1 is 1.44 bits per heavy atom. The van der Waals surface area contributed by atoms with Crippen LogP contribution in [0.2, 0.25) is 0 Å². The van der Waals surface area contributed by atoms with Crippen molar-refractivity contribution in [3.8, 4) is 12.3 Å². The van der Waals surface area contributed by atoms with Crippen LogP contribution in [0.4, 0.5) is 0 Å². The number of piperidine rings is 1. The lowest BCUT2D eigenvalue weighted by Gasteiger charge is -2.33. The zero-order valence-corrected chi connectivity index (χ0v) is 10.9. The van der Waals surface area contributed by atoms with Crippen molar-refractivity contribution >= 4 is 5.91 Å². The van der Waals surface area contributed by atoms with Crippen molar-refractivity contribution in [2.24, 2.45) is 5.92 Å². The van der Waals surface area contributed by atoms with Gasteiger partial charge in [-0.2, -0.15) is 0 Å². The third kappa shape index (κ3) is 3.47. The van der Waals surface area contributed by atoms with Gasteiger partial charge in [0.05, 0.1) is 19.2 Å². The Hall–Kier alpha value is -1.05. The molecule has 2 aliphatic heterocycles. The quantitative estimate of drug-likeness (QED) is 0.744. The smallest absolute Gasteiger partial charge is 0.237 e. The lowest BCUT2D eigenvalue weighted by Crippen LogP contribution is -2.50. The van der Waals surface area contributed by atoms with Crippen LogP contribution in [0.15, 0.2) is 0 Å². The van der Waals surface area contributed by atoms with Gasteiger partial charge in [-0.3, -0.25) is 9.69 Å². The number of hydrogen-bond acceptors (Lipinski definition) is 3. The van der Waals surface area contributed by atoms with Crippen molar-refractivity contribution in [1.29, 1.82) is 0 Å². The van der Waals surface area contributed by atoms with E-state index >= 15 is 0 Å². The summed E-state index contributed by atoms with van der Waals surface area (Å²) in [6.07, 6.45) is 9.59. The largest absolute Gasteiger partial charge is 0.381 e. The van der Waals surface area contributed by atoms with Gasteiger partial charge in [0.25, 0.3) is 0 Å². The van der Waals surface area contributed by atoms with Gasteiger partial charge in [-0.15, -0.1) is 6.42 Å². The van der Waals surface area contributed by atoms with E-state index in [9.17, 15) is 4.79 Å². The van der Waals surface area contributed by atoms with Gasteiger partial charge in [-0.05, 0) is 25.8 Å². The van der Waals surface area contributed by atoms with Crippen LogP contribution in [0.3, 0.4) is 0 Å². The number of ether oxygens (including phenoxy) is 1. The standard InChI is InChI=1S/C14H22N2O2/c1-2-7-16-8-4-3-5-13(16)14(17)15-10-12-6-9-18-11-12/h1,12-13H,3-11H2,(H,15,17).